The molecular formula is C25H22FN5O3S2. The summed E-state index contributed by atoms with van der Waals surface area (Å²) in [4.78, 5) is 23.3. The Morgan fingerprint density at radius 2 is 1.69 bits per heavy atom. The van der Waals surface area contributed by atoms with Gasteiger partial charge in [0.15, 0.2) is 5.13 Å². The molecule has 1 aliphatic heterocycles. The first-order chi connectivity index (χ1) is 17.4. The van der Waals surface area contributed by atoms with Gasteiger partial charge in [0.25, 0.3) is 5.91 Å². The molecule has 1 saturated heterocycles. The van der Waals surface area contributed by atoms with Crippen molar-refractivity contribution in [2.24, 2.45) is 0 Å². The van der Waals surface area contributed by atoms with Gasteiger partial charge in [-0.05, 0) is 54.6 Å². The number of aromatic nitrogens is 2. The van der Waals surface area contributed by atoms with E-state index in [1.807, 2.05) is 22.4 Å². The van der Waals surface area contributed by atoms with E-state index in [4.69, 9.17) is 0 Å². The van der Waals surface area contributed by atoms with Crippen LogP contribution in [0.15, 0.2) is 83.3 Å². The van der Waals surface area contributed by atoms with E-state index in [1.165, 1.54) is 39.9 Å². The SMILES string of the molecule is O=C(Nc1nc(-c2ccncc2)cs1)c1cccc(S(=O)(=O)N2CCN(c3ccc(F)cc3)CC2)c1. The van der Waals surface area contributed by atoms with Gasteiger partial charge < -0.3 is 4.90 Å². The number of nitrogens with zero attached hydrogens (tertiary/aromatic N) is 4. The van der Waals surface area contributed by atoms with Crippen molar-refractivity contribution >= 4 is 38.1 Å². The second kappa shape index (κ2) is 10.1. The standard InChI is InChI=1S/C25H22FN5O3S2/c26-20-4-6-21(7-5-20)30-12-14-31(15-13-30)36(33,34)22-3-1-2-19(16-22)24(32)29-25-28-23(17-35-25)18-8-10-27-11-9-18/h1-11,16-17H,12-15H2,(H,28,29,32). The first-order valence-corrected chi connectivity index (χ1v) is 13.5. The molecule has 0 radical (unpaired) electrons. The van der Waals surface area contributed by atoms with Crippen molar-refractivity contribution in [3.05, 3.63) is 89.8 Å². The molecule has 1 fully saturated rings. The molecule has 8 nitrogen and oxygen atoms in total. The zero-order valence-electron chi connectivity index (χ0n) is 19.0. The number of hydrogen-bond donors (Lipinski definition) is 1. The van der Waals surface area contributed by atoms with Crippen LogP contribution in [0.1, 0.15) is 10.4 Å². The van der Waals surface area contributed by atoms with Crippen molar-refractivity contribution in [2.75, 3.05) is 36.4 Å². The second-order valence-corrected chi connectivity index (χ2v) is 10.9. The Morgan fingerprint density at radius 1 is 0.972 bits per heavy atom. The van der Waals surface area contributed by atoms with Crippen molar-refractivity contribution in [3.8, 4) is 11.3 Å². The van der Waals surface area contributed by atoms with Crippen molar-refractivity contribution < 1.29 is 17.6 Å². The number of carbonyl (C=O) groups is 1. The Bertz CT molecular complexity index is 1470. The lowest BCUT2D eigenvalue weighted by Crippen LogP contribution is -2.48. The summed E-state index contributed by atoms with van der Waals surface area (Å²) in [6.45, 7) is 1.53. The molecule has 3 heterocycles. The Kier molecular flexibility index (Phi) is 6.77. The Morgan fingerprint density at radius 3 is 2.42 bits per heavy atom. The quantitative estimate of drug-likeness (QED) is 0.409. The fourth-order valence-corrected chi connectivity index (χ4v) is 6.12. The highest BCUT2D eigenvalue weighted by molar-refractivity contribution is 7.89. The van der Waals surface area contributed by atoms with Crippen LogP contribution in [0.5, 0.6) is 0 Å². The number of hydrogen-bond acceptors (Lipinski definition) is 7. The van der Waals surface area contributed by atoms with E-state index >= 15 is 0 Å². The highest BCUT2D eigenvalue weighted by Gasteiger charge is 2.29. The minimum Gasteiger partial charge on any atom is -0.369 e. The summed E-state index contributed by atoms with van der Waals surface area (Å²) in [7, 11) is -3.79. The highest BCUT2D eigenvalue weighted by atomic mass is 32.2. The third-order valence-electron chi connectivity index (χ3n) is 5.87. The van der Waals surface area contributed by atoms with Crippen molar-refractivity contribution in [3.63, 3.8) is 0 Å². The van der Waals surface area contributed by atoms with Crippen LogP contribution in [0.2, 0.25) is 0 Å². The maximum Gasteiger partial charge on any atom is 0.257 e. The fraction of sp³-hybridized carbons (Fsp3) is 0.160. The van der Waals surface area contributed by atoms with Gasteiger partial charge in [0.05, 0.1) is 10.6 Å². The number of rotatable bonds is 6. The molecule has 4 aromatic rings. The molecule has 0 atom stereocenters. The van der Waals surface area contributed by atoms with E-state index in [-0.39, 0.29) is 29.4 Å². The first kappa shape index (κ1) is 24.0. The second-order valence-electron chi connectivity index (χ2n) is 8.12. The number of pyridine rings is 1. The van der Waals surface area contributed by atoms with Crippen LogP contribution in [0.25, 0.3) is 11.3 Å². The summed E-state index contributed by atoms with van der Waals surface area (Å²) < 4.78 is 41.2. The lowest BCUT2D eigenvalue weighted by atomic mass is 10.2. The maximum absolute atomic E-state index is 13.3. The summed E-state index contributed by atoms with van der Waals surface area (Å²) in [5, 5.41) is 4.99. The average molecular weight is 524 g/mol. The average Bonchev–Trinajstić information content (AvgIpc) is 3.38. The topological polar surface area (TPSA) is 95.5 Å². The Hall–Kier alpha value is -3.67. The van der Waals surface area contributed by atoms with E-state index in [2.05, 4.69) is 15.3 Å². The van der Waals surface area contributed by atoms with Gasteiger partial charge in [-0.25, -0.2) is 17.8 Å². The molecule has 36 heavy (non-hydrogen) atoms. The zero-order valence-corrected chi connectivity index (χ0v) is 20.7. The van der Waals surface area contributed by atoms with Crippen molar-refractivity contribution in [1.29, 1.82) is 0 Å². The summed E-state index contributed by atoms with van der Waals surface area (Å²) >= 11 is 1.28. The summed E-state index contributed by atoms with van der Waals surface area (Å²) in [6.07, 6.45) is 3.34. The highest BCUT2D eigenvalue weighted by Crippen LogP contribution is 2.26. The summed E-state index contributed by atoms with van der Waals surface area (Å²) in [5.41, 5.74) is 2.67. The number of benzene rings is 2. The molecule has 1 aliphatic rings. The number of piperazine rings is 1. The number of carbonyl (C=O) groups excluding carboxylic acids is 1. The normalized spacial score (nSPS) is 14.5. The van der Waals surface area contributed by atoms with Crippen LogP contribution in [0, 0.1) is 5.82 Å². The number of thiazole rings is 1. The van der Waals surface area contributed by atoms with Gasteiger partial charge in [-0.2, -0.15) is 4.31 Å². The molecule has 11 heteroatoms. The van der Waals surface area contributed by atoms with Gasteiger partial charge >= 0.3 is 0 Å². The van der Waals surface area contributed by atoms with E-state index in [9.17, 15) is 17.6 Å². The number of amides is 1. The van der Waals surface area contributed by atoms with Crippen LogP contribution in [0.4, 0.5) is 15.2 Å². The number of nitrogens with one attached hydrogen (secondary N) is 1. The van der Waals surface area contributed by atoms with Crippen LogP contribution in [0.3, 0.4) is 0 Å². The van der Waals surface area contributed by atoms with Crippen molar-refractivity contribution in [1.82, 2.24) is 14.3 Å². The molecular weight excluding hydrogens is 501 g/mol. The van der Waals surface area contributed by atoms with Crippen LogP contribution >= 0.6 is 11.3 Å². The summed E-state index contributed by atoms with van der Waals surface area (Å²) in [5.74, 6) is -0.753. The molecule has 0 unspecified atom stereocenters. The molecule has 1 N–H and O–H groups in total. The molecule has 0 spiro atoms. The van der Waals surface area contributed by atoms with Crippen LogP contribution in [-0.4, -0.2) is 54.8 Å². The molecule has 184 valence electrons. The fourth-order valence-electron chi connectivity index (χ4n) is 3.94. The predicted octanol–water partition coefficient (Wildman–Crippen LogP) is 4.11. The molecule has 2 aromatic carbocycles. The van der Waals surface area contributed by atoms with Crippen molar-refractivity contribution in [2.45, 2.75) is 4.90 Å². The van der Waals surface area contributed by atoms with Crippen LogP contribution in [-0.2, 0) is 10.0 Å². The molecule has 0 bridgehead atoms. The lowest BCUT2D eigenvalue weighted by molar-refractivity contribution is 0.102. The monoisotopic (exact) mass is 523 g/mol. The van der Waals surface area contributed by atoms with Gasteiger partial charge in [0, 0.05) is 60.8 Å². The number of sulfonamides is 1. The van der Waals surface area contributed by atoms with E-state index in [0.29, 0.717) is 23.9 Å². The number of anilines is 2. The third-order valence-corrected chi connectivity index (χ3v) is 8.52. The molecule has 5 rings (SSSR count). The lowest BCUT2D eigenvalue weighted by Gasteiger charge is -2.35. The number of halogens is 1. The van der Waals surface area contributed by atoms with E-state index < -0.39 is 15.9 Å². The predicted molar refractivity (Wildman–Crippen MR) is 137 cm³/mol. The first-order valence-electron chi connectivity index (χ1n) is 11.2. The van der Waals surface area contributed by atoms with Gasteiger partial charge in [0.2, 0.25) is 10.0 Å². The zero-order chi connectivity index (χ0) is 25.1. The molecule has 2 aromatic heterocycles. The third kappa shape index (κ3) is 5.13. The Balaban J connectivity index is 1.26. The van der Waals surface area contributed by atoms with Crippen LogP contribution < -0.4 is 10.2 Å². The largest absolute Gasteiger partial charge is 0.369 e. The maximum atomic E-state index is 13.3. The molecule has 0 aliphatic carbocycles. The van der Waals surface area contributed by atoms with E-state index in [1.54, 1.807) is 36.7 Å². The Labute approximate surface area is 212 Å². The summed E-state index contributed by atoms with van der Waals surface area (Å²) in [6, 6.07) is 15.8. The van der Waals surface area contributed by atoms with E-state index in [0.717, 1.165) is 11.3 Å². The van der Waals surface area contributed by atoms with Gasteiger partial charge in [-0.15, -0.1) is 11.3 Å². The van der Waals surface area contributed by atoms with Gasteiger partial charge in [-0.1, -0.05) is 6.07 Å². The van der Waals surface area contributed by atoms with Gasteiger partial charge in [0.1, 0.15) is 5.82 Å². The minimum absolute atomic E-state index is 0.0574. The smallest absolute Gasteiger partial charge is 0.257 e. The van der Waals surface area contributed by atoms with Gasteiger partial charge in [-0.3, -0.25) is 15.1 Å². The molecule has 1 amide bonds. The minimum atomic E-state index is -3.79. The molecule has 0 saturated carbocycles.